The van der Waals surface area contributed by atoms with Crippen LogP contribution in [0.1, 0.15) is 39.2 Å². The lowest BCUT2D eigenvalue weighted by Gasteiger charge is -2.32. The van der Waals surface area contributed by atoms with Crippen LogP contribution in [-0.4, -0.2) is 22.9 Å². The number of nitrogens with two attached hydrogens (primary N) is 1. The largest absolute Gasteiger partial charge is 0.334 e. The highest BCUT2D eigenvalue weighted by molar-refractivity contribution is 6.31. The highest BCUT2D eigenvalue weighted by atomic mass is 35.5. The zero-order chi connectivity index (χ0) is 15.8. The second-order valence-corrected chi connectivity index (χ2v) is 7.15. The number of halogens is 2. The fourth-order valence-electron chi connectivity index (χ4n) is 2.18. The van der Waals surface area contributed by atoms with Gasteiger partial charge >= 0.3 is 0 Å². The van der Waals surface area contributed by atoms with E-state index in [1.165, 1.54) is 6.07 Å². The number of nitrogens with zero attached hydrogens (tertiary/aromatic N) is 1. The maximum Gasteiger partial charge on any atom is 0.240 e. The van der Waals surface area contributed by atoms with Gasteiger partial charge < -0.3 is 10.6 Å². The van der Waals surface area contributed by atoms with Crippen LogP contribution in [-0.2, 0) is 11.3 Å². The van der Waals surface area contributed by atoms with E-state index in [9.17, 15) is 9.18 Å². The molecule has 2 rings (SSSR count). The first-order valence-corrected chi connectivity index (χ1v) is 7.58. The summed E-state index contributed by atoms with van der Waals surface area (Å²) in [5.74, 6) is -0.519. The Balaban J connectivity index is 2.23. The summed E-state index contributed by atoms with van der Waals surface area (Å²) in [6.45, 7) is 5.96. The summed E-state index contributed by atoms with van der Waals surface area (Å²) in [7, 11) is 0. The first-order chi connectivity index (χ1) is 9.71. The van der Waals surface area contributed by atoms with Gasteiger partial charge in [0.15, 0.2) is 0 Å². The molecule has 3 nitrogen and oxygen atoms in total. The quantitative estimate of drug-likeness (QED) is 0.927. The van der Waals surface area contributed by atoms with Crippen molar-refractivity contribution in [2.45, 2.75) is 52.2 Å². The van der Waals surface area contributed by atoms with Gasteiger partial charge in [0.05, 0.1) is 12.6 Å². The lowest BCUT2D eigenvalue weighted by atomic mass is 9.86. The highest BCUT2D eigenvalue weighted by Crippen LogP contribution is 2.32. The summed E-state index contributed by atoms with van der Waals surface area (Å²) in [5.41, 5.74) is 6.10. The van der Waals surface area contributed by atoms with Crippen molar-refractivity contribution in [2.24, 2.45) is 11.1 Å². The Morgan fingerprint density at radius 1 is 1.48 bits per heavy atom. The van der Waals surface area contributed by atoms with E-state index in [1.54, 1.807) is 17.0 Å². The van der Waals surface area contributed by atoms with Crippen LogP contribution in [0.5, 0.6) is 0 Å². The molecule has 1 fully saturated rings. The van der Waals surface area contributed by atoms with E-state index in [4.69, 9.17) is 17.3 Å². The van der Waals surface area contributed by atoms with Crippen molar-refractivity contribution in [1.82, 2.24) is 4.90 Å². The van der Waals surface area contributed by atoms with E-state index in [2.05, 4.69) is 0 Å². The Bertz CT molecular complexity index is 517. The fourth-order valence-corrected chi connectivity index (χ4v) is 2.40. The number of carbonyl (C=O) groups excluding carboxylic acids is 1. The van der Waals surface area contributed by atoms with Crippen molar-refractivity contribution in [3.63, 3.8) is 0 Å². The van der Waals surface area contributed by atoms with Gasteiger partial charge in [-0.25, -0.2) is 4.39 Å². The summed E-state index contributed by atoms with van der Waals surface area (Å²) in [4.78, 5) is 14.3. The summed E-state index contributed by atoms with van der Waals surface area (Å²) in [6.07, 6.45) is 1.88. The number of hydrogen-bond acceptors (Lipinski definition) is 2. The van der Waals surface area contributed by atoms with Crippen LogP contribution in [0.2, 0.25) is 5.02 Å². The number of rotatable bonds is 4. The predicted molar refractivity (Wildman–Crippen MR) is 82.4 cm³/mol. The van der Waals surface area contributed by atoms with E-state index in [0.717, 1.165) is 12.8 Å². The number of carbonyl (C=O) groups is 1. The maximum absolute atomic E-state index is 13.9. The van der Waals surface area contributed by atoms with Crippen LogP contribution in [0.3, 0.4) is 0 Å². The Morgan fingerprint density at radius 3 is 2.57 bits per heavy atom. The lowest BCUT2D eigenvalue weighted by molar-refractivity contribution is -0.136. The van der Waals surface area contributed by atoms with Crippen LogP contribution in [0.4, 0.5) is 4.39 Å². The lowest BCUT2D eigenvalue weighted by Crippen LogP contribution is -2.51. The molecule has 2 N–H and O–H groups in total. The van der Waals surface area contributed by atoms with Crippen molar-refractivity contribution < 1.29 is 9.18 Å². The zero-order valence-electron chi connectivity index (χ0n) is 12.7. The Kier molecular flexibility index (Phi) is 4.59. The minimum Gasteiger partial charge on any atom is -0.334 e. The molecule has 0 radical (unpaired) electrons. The normalized spacial score (nSPS) is 16.7. The molecule has 0 bridgehead atoms. The highest BCUT2D eigenvalue weighted by Gasteiger charge is 2.38. The molecule has 1 aromatic rings. The molecule has 1 aromatic carbocycles. The van der Waals surface area contributed by atoms with Gasteiger partial charge in [-0.1, -0.05) is 38.4 Å². The molecule has 116 valence electrons. The van der Waals surface area contributed by atoms with Crippen molar-refractivity contribution in [3.8, 4) is 0 Å². The maximum atomic E-state index is 13.9. The van der Waals surface area contributed by atoms with Crippen molar-refractivity contribution in [2.75, 3.05) is 0 Å². The number of hydrogen-bond donors (Lipinski definition) is 1. The molecule has 0 spiro atoms. The summed E-state index contributed by atoms with van der Waals surface area (Å²) in [6, 6.07) is 4.11. The second-order valence-electron chi connectivity index (χ2n) is 6.74. The van der Waals surface area contributed by atoms with Crippen LogP contribution in [0, 0.1) is 11.2 Å². The van der Waals surface area contributed by atoms with Crippen LogP contribution >= 0.6 is 11.6 Å². The predicted octanol–water partition coefficient (Wildman–Crippen LogP) is 3.34. The van der Waals surface area contributed by atoms with Crippen molar-refractivity contribution in [3.05, 3.63) is 34.6 Å². The van der Waals surface area contributed by atoms with E-state index < -0.39 is 6.04 Å². The third kappa shape index (κ3) is 3.74. The van der Waals surface area contributed by atoms with Gasteiger partial charge in [-0.3, -0.25) is 4.79 Å². The molecule has 5 heteroatoms. The second kappa shape index (κ2) is 5.93. The SMILES string of the molecule is CC(C)(C)[C@@H](N)C(=O)N(Cc1c(F)cccc1Cl)C1CC1. The van der Waals surface area contributed by atoms with Gasteiger partial charge in [0, 0.05) is 16.6 Å². The third-order valence-corrected chi connectivity index (χ3v) is 4.21. The molecule has 0 aromatic heterocycles. The summed E-state index contributed by atoms with van der Waals surface area (Å²) in [5, 5.41) is 0.345. The topological polar surface area (TPSA) is 46.3 Å². The van der Waals surface area contributed by atoms with Crippen LogP contribution < -0.4 is 5.73 Å². The number of benzene rings is 1. The minimum atomic E-state index is -0.608. The van der Waals surface area contributed by atoms with Crippen LogP contribution in [0.25, 0.3) is 0 Å². The van der Waals surface area contributed by atoms with E-state index in [0.29, 0.717) is 10.6 Å². The van der Waals surface area contributed by atoms with Gasteiger partial charge in [0.2, 0.25) is 5.91 Å². The molecule has 0 heterocycles. The molecular weight excluding hydrogens is 291 g/mol. The Hall–Kier alpha value is -1.13. The van der Waals surface area contributed by atoms with Gasteiger partial charge in [0.25, 0.3) is 0 Å². The van der Waals surface area contributed by atoms with E-state index in [-0.39, 0.29) is 29.7 Å². The minimum absolute atomic E-state index is 0.135. The van der Waals surface area contributed by atoms with Gasteiger partial charge in [-0.05, 0) is 30.4 Å². The molecule has 1 saturated carbocycles. The molecule has 0 aliphatic heterocycles. The van der Waals surface area contributed by atoms with E-state index >= 15 is 0 Å². The first-order valence-electron chi connectivity index (χ1n) is 7.20. The van der Waals surface area contributed by atoms with Crippen molar-refractivity contribution in [1.29, 1.82) is 0 Å². The summed E-state index contributed by atoms with van der Waals surface area (Å²) >= 11 is 6.06. The Morgan fingerprint density at radius 2 is 2.10 bits per heavy atom. The van der Waals surface area contributed by atoms with Gasteiger partial charge in [0.1, 0.15) is 5.82 Å². The molecular formula is C16H22ClFN2O. The van der Waals surface area contributed by atoms with Crippen molar-refractivity contribution >= 4 is 17.5 Å². The smallest absolute Gasteiger partial charge is 0.240 e. The van der Waals surface area contributed by atoms with Gasteiger partial charge in [-0.15, -0.1) is 0 Å². The Labute approximate surface area is 130 Å². The molecule has 0 unspecified atom stereocenters. The molecule has 21 heavy (non-hydrogen) atoms. The monoisotopic (exact) mass is 312 g/mol. The van der Waals surface area contributed by atoms with Crippen LogP contribution in [0.15, 0.2) is 18.2 Å². The van der Waals surface area contributed by atoms with E-state index in [1.807, 2.05) is 20.8 Å². The average Bonchev–Trinajstić information content (AvgIpc) is 3.20. The first kappa shape index (κ1) is 16.2. The number of amides is 1. The molecule has 0 saturated heterocycles. The zero-order valence-corrected chi connectivity index (χ0v) is 13.5. The van der Waals surface area contributed by atoms with Gasteiger partial charge in [-0.2, -0.15) is 0 Å². The molecule has 1 atom stereocenters. The summed E-state index contributed by atoms with van der Waals surface area (Å²) < 4.78 is 13.9. The standard InChI is InChI=1S/C16H22ClFN2O/c1-16(2,3)14(19)15(21)20(10-7-8-10)9-11-12(17)5-4-6-13(11)18/h4-6,10,14H,7-9,19H2,1-3H3/t14-/m0/s1. The molecule has 1 aliphatic carbocycles. The average molecular weight is 313 g/mol. The fraction of sp³-hybridized carbons (Fsp3) is 0.562. The molecule has 1 amide bonds. The third-order valence-electron chi connectivity index (χ3n) is 3.86. The molecule has 1 aliphatic rings.